The number of hydrogen-bond acceptors (Lipinski definition) is 5. The number of carbonyl (C=O) groups is 2. The van der Waals surface area contributed by atoms with Crippen molar-refractivity contribution in [2.75, 3.05) is 11.9 Å². The summed E-state index contributed by atoms with van der Waals surface area (Å²) in [6.45, 7) is 1.95. The predicted molar refractivity (Wildman–Crippen MR) is 81.9 cm³/mol. The van der Waals surface area contributed by atoms with E-state index in [1.807, 2.05) is 0 Å². The Morgan fingerprint density at radius 1 is 1.26 bits per heavy atom. The molecule has 2 N–H and O–H groups in total. The molecule has 0 saturated heterocycles. The summed E-state index contributed by atoms with van der Waals surface area (Å²) >= 11 is 0. The summed E-state index contributed by atoms with van der Waals surface area (Å²) in [5.74, 6) is -1.81. The molecule has 0 aliphatic carbocycles. The summed E-state index contributed by atoms with van der Waals surface area (Å²) < 4.78 is 4.89. The van der Waals surface area contributed by atoms with E-state index in [2.05, 4.69) is 10.6 Å². The molecule has 1 heterocycles. The first-order chi connectivity index (χ1) is 11.0. The SMILES string of the molecule is Cc1ccc(NC(=O)C(=O)NCCc2ccoc2)c([N+](=O)[O-])c1. The fraction of sp³-hybridized carbons (Fsp3) is 0.200. The Bertz CT molecular complexity index is 725. The van der Waals surface area contributed by atoms with Crippen LogP contribution >= 0.6 is 0 Å². The summed E-state index contributed by atoms with van der Waals surface area (Å²) in [5.41, 5.74) is 1.29. The molecule has 1 aromatic carbocycles. The highest BCUT2D eigenvalue weighted by Gasteiger charge is 2.19. The summed E-state index contributed by atoms with van der Waals surface area (Å²) in [6, 6.07) is 6.08. The quantitative estimate of drug-likeness (QED) is 0.495. The van der Waals surface area contributed by atoms with Gasteiger partial charge in [-0.05, 0) is 36.6 Å². The molecule has 23 heavy (non-hydrogen) atoms. The fourth-order valence-electron chi connectivity index (χ4n) is 1.91. The van der Waals surface area contributed by atoms with Crippen molar-refractivity contribution in [2.24, 2.45) is 0 Å². The van der Waals surface area contributed by atoms with Crippen LogP contribution < -0.4 is 10.6 Å². The average molecular weight is 317 g/mol. The predicted octanol–water partition coefficient (Wildman–Crippen LogP) is 1.79. The van der Waals surface area contributed by atoms with Gasteiger partial charge in [0.1, 0.15) is 5.69 Å². The van der Waals surface area contributed by atoms with Crippen LogP contribution in [0.3, 0.4) is 0 Å². The number of hydrogen-bond donors (Lipinski definition) is 2. The standard InChI is InChI=1S/C15H15N3O5/c1-10-2-3-12(13(8-10)18(21)22)17-15(20)14(19)16-6-4-11-5-7-23-9-11/h2-3,5,7-9H,4,6H2,1H3,(H,16,19)(H,17,20). The zero-order valence-corrected chi connectivity index (χ0v) is 12.4. The lowest BCUT2D eigenvalue weighted by molar-refractivity contribution is -0.384. The largest absolute Gasteiger partial charge is 0.472 e. The monoisotopic (exact) mass is 317 g/mol. The minimum Gasteiger partial charge on any atom is -0.472 e. The van der Waals surface area contributed by atoms with Gasteiger partial charge in [-0.15, -0.1) is 0 Å². The van der Waals surface area contributed by atoms with Gasteiger partial charge in [0.25, 0.3) is 5.69 Å². The molecule has 8 nitrogen and oxygen atoms in total. The van der Waals surface area contributed by atoms with Crippen molar-refractivity contribution in [1.82, 2.24) is 5.32 Å². The Kier molecular flexibility index (Phi) is 5.08. The van der Waals surface area contributed by atoms with Gasteiger partial charge >= 0.3 is 11.8 Å². The molecule has 0 radical (unpaired) electrons. The molecule has 0 fully saturated rings. The second kappa shape index (κ2) is 7.21. The van der Waals surface area contributed by atoms with E-state index in [1.165, 1.54) is 18.4 Å². The van der Waals surface area contributed by atoms with Crippen LogP contribution in [0.4, 0.5) is 11.4 Å². The van der Waals surface area contributed by atoms with Crippen LogP contribution in [0.15, 0.2) is 41.2 Å². The smallest absolute Gasteiger partial charge is 0.313 e. The third-order valence-corrected chi connectivity index (χ3v) is 3.08. The number of anilines is 1. The van der Waals surface area contributed by atoms with Crippen molar-refractivity contribution in [3.63, 3.8) is 0 Å². The molecular weight excluding hydrogens is 302 g/mol. The Labute approximate surface area is 131 Å². The number of benzene rings is 1. The van der Waals surface area contributed by atoms with E-state index in [0.717, 1.165) is 5.56 Å². The maximum Gasteiger partial charge on any atom is 0.313 e. The molecule has 0 bridgehead atoms. The van der Waals surface area contributed by atoms with Crippen LogP contribution in [0.5, 0.6) is 0 Å². The molecule has 120 valence electrons. The van der Waals surface area contributed by atoms with Crippen molar-refractivity contribution in [3.05, 3.63) is 58.0 Å². The Hall–Kier alpha value is -3.16. The van der Waals surface area contributed by atoms with Gasteiger partial charge in [0.05, 0.1) is 17.4 Å². The second-order valence-electron chi connectivity index (χ2n) is 4.87. The number of nitrogens with one attached hydrogen (secondary N) is 2. The van der Waals surface area contributed by atoms with Gasteiger partial charge in [0.15, 0.2) is 0 Å². The molecule has 0 atom stereocenters. The molecule has 0 spiro atoms. The summed E-state index contributed by atoms with van der Waals surface area (Å²) in [5, 5.41) is 15.7. The van der Waals surface area contributed by atoms with Crippen molar-refractivity contribution in [2.45, 2.75) is 13.3 Å². The Balaban J connectivity index is 1.93. The lowest BCUT2D eigenvalue weighted by Gasteiger charge is -2.07. The van der Waals surface area contributed by atoms with Crippen LogP contribution in [0.2, 0.25) is 0 Å². The van der Waals surface area contributed by atoms with E-state index in [1.54, 1.807) is 25.3 Å². The molecule has 0 aliphatic heterocycles. The highest BCUT2D eigenvalue weighted by molar-refractivity contribution is 6.39. The van der Waals surface area contributed by atoms with Crippen LogP contribution in [0.25, 0.3) is 0 Å². The Morgan fingerprint density at radius 3 is 2.70 bits per heavy atom. The van der Waals surface area contributed by atoms with E-state index in [-0.39, 0.29) is 17.9 Å². The summed E-state index contributed by atoms with van der Waals surface area (Å²) in [6.07, 6.45) is 3.57. The topological polar surface area (TPSA) is 114 Å². The van der Waals surface area contributed by atoms with Crippen molar-refractivity contribution in [1.29, 1.82) is 0 Å². The number of carbonyl (C=O) groups excluding carboxylic acids is 2. The third kappa shape index (κ3) is 4.40. The van der Waals surface area contributed by atoms with Gasteiger partial charge in [0, 0.05) is 12.6 Å². The van der Waals surface area contributed by atoms with Crippen LogP contribution in [0.1, 0.15) is 11.1 Å². The fourth-order valence-corrected chi connectivity index (χ4v) is 1.91. The van der Waals surface area contributed by atoms with Crippen molar-refractivity contribution < 1.29 is 18.9 Å². The first-order valence-electron chi connectivity index (χ1n) is 6.82. The molecule has 2 aromatic rings. The number of amides is 2. The van der Waals surface area contributed by atoms with Gasteiger partial charge in [0.2, 0.25) is 0 Å². The van der Waals surface area contributed by atoms with Crippen LogP contribution in [0, 0.1) is 17.0 Å². The van der Waals surface area contributed by atoms with Gasteiger partial charge in [-0.25, -0.2) is 0 Å². The minimum absolute atomic E-state index is 0.0180. The number of aryl methyl sites for hydroxylation is 1. The Morgan fingerprint density at radius 2 is 2.04 bits per heavy atom. The lowest BCUT2D eigenvalue weighted by atomic mass is 10.2. The highest BCUT2D eigenvalue weighted by Crippen LogP contribution is 2.25. The molecule has 8 heteroatoms. The average Bonchev–Trinajstić information content (AvgIpc) is 3.02. The van der Waals surface area contributed by atoms with Crippen LogP contribution in [-0.2, 0) is 16.0 Å². The normalized spacial score (nSPS) is 10.1. The zero-order valence-electron chi connectivity index (χ0n) is 12.4. The zero-order chi connectivity index (χ0) is 16.8. The molecule has 1 aromatic heterocycles. The van der Waals surface area contributed by atoms with E-state index < -0.39 is 16.7 Å². The van der Waals surface area contributed by atoms with E-state index in [9.17, 15) is 19.7 Å². The van der Waals surface area contributed by atoms with Crippen molar-refractivity contribution in [3.8, 4) is 0 Å². The maximum atomic E-state index is 11.8. The first kappa shape index (κ1) is 16.2. The van der Waals surface area contributed by atoms with E-state index in [4.69, 9.17) is 4.42 Å². The number of rotatable bonds is 5. The molecule has 0 unspecified atom stereocenters. The second-order valence-corrected chi connectivity index (χ2v) is 4.87. The third-order valence-electron chi connectivity index (χ3n) is 3.08. The van der Waals surface area contributed by atoms with Gasteiger partial charge in [-0.3, -0.25) is 19.7 Å². The molecule has 2 amide bonds. The number of nitrogens with zero attached hydrogens (tertiary/aromatic N) is 1. The van der Waals surface area contributed by atoms with Crippen molar-refractivity contribution >= 4 is 23.2 Å². The number of furan rings is 1. The van der Waals surface area contributed by atoms with Gasteiger partial charge in [-0.1, -0.05) is 6.07 Å². The maximum absolute atomic E-state index is 11.8. The lowest BCUT2D eigenvalue weighted by Crippen LogP contribution is -2.36. The molecule has 0 saturated carbocycles. The molecule has 0 aliphatic rings. The molecule has 2 rings (SSSR count). The molecular formula is C15H15N3O5. The van der Waals surface area contributed by atoms with Crippen LogP contribution in [-0.4, -0.2) is 23.3 Å². The van der Waals surface area contributed by atoms with Gasteiger partial charge < -0.3 is 15.1 Å². The van der Waals surface area contributed by atoms with Gasteiger partial charge in [-0.2, -0.15) is 0 Å². The van der Waals surface area contributed by atoms with E-state index in [0.29, 0.717) is 12.0 Å². The van der Waals surface area contributed by atoms with E-state index >= 15 is 0 Å². The number of nitro groups is 1. The first-order valence-corrected chi connectivity index (χ1v) is 6.82. The number of nitro benzene ring substituents is 1. The summed E-state index contributed by atoms with van der Waals surface area (Å²) in [4.78, 5) is 33.9. The summed E-state index contributed by atoms with van der Waals surface area (Å²) in [7, 11) is 0. The highest BCUT2D eigenvalue weighted by atomic mass is 16.6. The minimum atomic E-state index is -0.954.